The van der Waals surface area contributed by atoms with Crippen molar-refractivity contribution in [2.24, 2.45) is 0 Å². The van der Waals surface area contributed by atoms with Crippen LogP contribution in [0.25, 0.3) is 11.1 Å². The van der Waals surface area contributed by atoms with Crippen LogP contribution in [-0.4, -0.2) is 33.2 Å². The van der Waals surface area contributed by atoms with E-state index in [0.717, 1.165) is 23.4 Å². The molecule has 1 N–H and O–H groups in total. The van der Waals surface area contributed by atoms with E-state index in [1.807, 2.05) is 43.3 Å². The largest absolute Gasteiger partial charge is 0.545 e. The van der Waals surface area contributed by atoms with Crippen molar-refractivity contribution in [2.75, 3.05) is 27.2 Å². The summed E-state index contributed by atoms with van der Waals surface area (Å²) in [7, 11) is 4.15. The zero-order valence-electron chi connectivity index (χ0n) is 13.2. The molecular weight excluding hydrogens is 278 g/mol. The molecule has 2 aromatic carbocycles. The van der Waals surface area contributed by atoms with Gasteiger partial charge in [0.25, 0.3) is 0 Å². The van der Waals surface area contributed by atoms with Crippen LogP contribution in [0.15, 0.2) is 42.5 Å². The van der Waals surface area contributed by atoms with Crippen LogP contribution in [0.5, 0.6) is 5.75 Å². The summed E-state index contributed by atoms with van der Waals surface area (Å²) in [6.45, 7) is 3.44. The first-order chi connectivity index (χ1) is 10.5. The lowest BCUT2D eigenvalue weighted by molar-refractivity contribution is -0.858. The molecule has 0 radical (unpaired) electrons. The van der Waals surface area contributed by atoms with E-state index in [1.165, 1.54) is 4.90 Å². The monoisotopic (exact) mass is 299 g/mol. The first-order valence-corrected chi connectivity index (χ1v) is 7.31. The Balaban J connectivity index is 2.19. The summed E-state index contributed by atoms with van der Waals surface area (Å²) in [6, 6.07) is 12.8. The molecule has 0 saturated carbocycles. The minimum atomic E-state index is -1.16. The smallest absolute Gasteiger partial charge is 0.137 e. The molecule has 0 amide bonds. The summed E-state index contributed by atoms with van der Waals surface area (Å²) in [6.07, 6.45) is 0. The Kier molecular flexibility index (Phi) is 5.17. The Morgan fingerprint density at radius 2 is 1.82 bits per heavy atom. The van der Waals surface area contributed by atoms with Crippen LogP contribution in [0.1, 0.15) is 15.9 Å². The number of quaternary nitrogens is 1. The zero-order valence-corrected chi connectivity index (χ0v) is 13.2. The van der Waals surface area contributed by atoms with Gasteiger partial charge in [0, 0.05) is 5.56 Å². The Bertz CT molecular complexity index is 648. The second-order valence-electron chi connectivity index (χ2n) is 5.67. The third-order valence-corrected chi connectivity index (χ3v) is 3.43. The zero-order chi connectivity index (χ0) is 16.1. The predicted octanol–water partition coefficient (Wildman–Crippen LogP) is 0.549. The molecule has 0 aliphatic heterocycles. The first-order valence-electron chi connectivity index (χ1n) is 7.31. The Morgan fingerprint density at radius 3 is 2.41 bits per heavy atom. The second kappa shape index (κ2) is 7.09. The SMILES string of the molecule is Cc1ccc(-c2ccc(OCC[NH+](C)C)cc2)c(C(=O)[O-])c1. The van der Waals surface area contributed by atoms with Crippen LogP contribution in [0.2, 0.25) is 0 Å². The highest BCUT2D eigenvalue weighted by Gasteiger charge is 2.07. The number of hydrogen-bond donors (Lipinski definition) is 1. The molecule has 0 aliphatic carbocycles. The van der Waals surface area contributed by atoms with Gasteiger partial charge < -0.3 is 19.5 Å². The van der Waals surface area contributed by atoms with Crippen molar-refractivity contribution < 1.29 is 19.5 Å². The van der Waals surface area contributed by atoms with Crippen LogP contribution in [0.4, 0.5) is 0 Å². The number of carboxylic acids is 1. The molecule has 0 bridgehead atoms. The van der Waals surface area contributed by atoms with Gasteiger partial charge in [-0.15, -0.1) is 0 Å². The number of carboxylic acid groups (broad SMARTS) is 1. The molecule has 22 heavy (non-hydrogen) atoms. The van der Waals surface area contributed by atoms with Crippen molar-refractivity contribution in [1.82, 2.24) is 0 Å². The lowest BCUT2D eigenvalue weighted by Gasteiger charge is -2.13. The van der Waals surface area contributed by atoms with Gasteiger partial charge in [-0.2, -0.15) is 0 Å². The Morgan fingerprint density at radius 1 is 1.14 bits per heavy atom. The predicted molar refractivity (Wildman–Crippen MR) is 84.1 cm³/mol. The minimum absolute atomic E-state index is 0.213. The number of rotatable bonds is 6. The molecule has 0 unspecified atom stereocenters. The molecule has 0 aliphatic rings. The molecule has 116 valence electrons. The van der Waals surface area contributed by atoms with E-state index in [1.54, 1.807) is 6.07 Å². The quantitative estimate of drug-likeness (QED) is 0.847. The maximum absolute atomic E-state index is 11.3. The number of hydrogen-bond acceptors (Lipinski definition) is 3. The number of benzene rings is 2. The first kappa shape index (κ1) is 16.0. The molecule has 0 saturated heterocycles. The van der Waals surface area contributed by atoms with Crippen LogP contribution < -0.4 is 14.7 Å². The lowest BCUT2D eigenvalue weighted by atomic mass is 9.98. The van der Waals surface area contributed by atoms with E-state index in [2.05, 4.69) is 14.1 Å². The third kappa shape index (κ3) is 4.09. The topological polar surface area (TPSA) is 53.8 Å². The van der Waals surface area contributed by atoms with Crippen LogP contribution >= 0.6 is 0 Å². The summed E-state index contributed by atoms with van der Waals surface area (Å²) >= 11 is 0. The van der Waals surface area contributed by atoms with Gasteiger partial charge >= 0.3 is 0 Å². The highest BCUT2D eigenvalue weighted by atomic mass is 16.5. The van der Waals surface area contributed by atoms with Gasteiger partial charge in [0.15, 0.2) is 0 Å². The average Bonchev–Trinajstić information content (AvgIpc) is 2.47. The highest BCUT2D eigenvalue weighted by molar-refractivity contribution is 5.95. The van der Waals surface area contributed by atoms with E-state index < -0.39 is 5.97 Å². The van der Waals surface area contributed by atoms with Crippen molar-refractivity contribution in [3.8, 4) is 16.9 Å². The maximum atomic E-state index is 11.3. The third-order valence-electron chi connectivity index (χ3n) is 3.43. The molecule has 0 atom stereocenters. The normalized spacial score (nSPS) is 10.7. The molecule has 0 heterocycles. The van der Waals surface area contributed by atoms with Crippen molar-refractivity contribution in [3.63, 3.8) is 0 Å². The minimum Gasteiger partial charge on any atom is -0.545 e. The Labute approximate surface area is 131 Å². The number of likely N-dealkylation sites (N-methyl/N-ethyl adjacent to an activating group) is 1. The van der Waals surface area contributed by atoms with Crippen molar-refractivity contribution >= 4 is 5.97 Å². The van der Waals surface area contributed by atoms with Crippen LogP contribution in [0.3, 0.4) is 0 Å². The molecule has 0 aromatic heterocycles. The Hall–Kier alpha value is -2.33. The molecular formula is C18H21NO3. The van der Waals surface area contributed by atoms with E-state index in [4.69, 9.17) is 4.74 Å². The van der Waals surface area contributed by atoms with Gasteiger partial charge in [0.05, 0.1) is 20.1 Å². The second-order valence-corrected chi connectivity index (χ2v) is 5.67. The maximum Gasteiger partial charge on any atom is 0.137 e. The number of carbonyl (C=O) groups is 1. The van der Waals surface area contributed by atoms with Crippen molar-refractivity contribution in [2.45, 2.75) is 6.92 Å². The van der Waals surface area contributed by atoms with Crippen molar-refractivity contribution in [1.29, 1.82) is 0 Å². The summed E-state index contributed by atoms with van der Waals surface area (Å²) < 4.78 is 5.65. The lowest BCUT2D eigenvalue weighted by Crippen LogP contribution is -3.06. The fourth-order valence-electron chi connectivity index (χ4n) is 2.18. The number of aryl methyl sites for hydroxylation is 1. The highest BCUT2D eigenvalue weighted by Crippen LogP contribution is 2.26. The standard InChI is InChI=1S/C18H21NO3/c1-13-4-9-16(17(12-13)18(20)21)14-5-7-15(8-6-14)22-11-10-19(2)3/h4-9,12H,10-11H2,1-3H3,(H,20,21). The molecule has 4 heteroatoms. The summed E-state index contributed by atoms with van der Waals surface area (Å²) in [5.74, 6) is -0.375. The van der Waals surface area contributed by atoms with E-state index in [-0.39, 0.29) is 5.56 Å². The summed E-state index contributed by atoms with van der Waals surface area (Å²) in [4.78, 5) is 12.6. The summed E-state index contributed by atoms with van der Waals surface area (Å²) in [5, 5.41) is 11.3. The van der Waals surface area contributed by atoms with Gasteiger partial charge in [-0.05, 0) is 36.2 Å². The fraction of sp³-hybridized carbons (Fsp3) is 0.278. The number of ether oxygens (including phenoxy) is 1. The number of aromatic carboxylic acids is 1. The number of nitrogens with one attached hydrogen (secondary N) is 1. The van der Waals surface area contributed by atoms with E-state index in [0.29, 0.717) is 12.2 Å². The molecule has 4 nitrogen and oxygen atoms in total. The molecule has 0 spiro atoms. The fourth-order valence-corrected chi connectivity index (χ4v) is 2.18. The number of carbonyl (C=O) groups excluding carboxylic acids is 1. The van der Waals surface area contributed by atoms with E-state index in [9.17, 15) is 9.90 Å². The molecule has 2 aromatic rings. The van der Waals surface area contributed by atoms with Gasteiger partial charge in [-0.1, -0.05) is 29.8 Å². The summed E-state index contributed by atoms with van der Waals surface area (Å²) in [5.41, 5.74) is 2.61. The average molecular weight is 299 g/mol. The van der Waals surface area contributed by atoms with Gasteiger partial charge in [0.2, 0.25) is 0 Å². The molecule has 0 fully saturated rings. The van der Waals surface area contributed by atoms with Gasteiger partial charge in [-0.3, -0.25) is 0 Å². The van der Waals surface area contributed by atoms with Crippen LogP contribution in [0, 0.1) is 6.92 Å². The van der Waals surface area contributed by atoms with Gasteiger partial charge in [0.1, 0.15) is 18.9 Å². The van der Waals surface area contributed by atoms with Crippen molar-refractivity contribution in [3.05, 3.63) is 53.6 Å². The molecule has 2 rings (SSSR count). The van der Waals surface area contributed by atoms with E-state index >= 15 is 0 Å². The van der Waals surface area contributed by atoms with Crippen LogP contribution in [-0.2, 0) is 0 Å². The van der Waals surface area contributed by atoms with Gasteiger partial charge in [-0.25, -0.2) is 0 Å².